The Labute approximate surface area is 283 Å². The maximum atomic E-state index is 15.2. The van der Waals surface area contributed by atoms with Gasteiger partial charge in [-0.3, -0.25) is 24.6 Å². The van der Waals surface area contributed by atoms with Crippen LogP contribution in [-0.2, 0) is 24.6 Å². The summed E-state index contributed by atoms with van der Waals surface area (Å²) >= 11 is 12.5. The minimum absolute atomic E-state index is 0.0375. The molecule has 1 saturated carbocycles. The molecular formula is C34H27Cl2FN4O7. The van der Waals surface area contributed by atoms with Gasteiger partial charge >= 0.3 is 6.03 Å². The third-order valence-corrected chi connectivity index (χ3v) is 10.7. The van der Waals surface area contributed by atoms with Gasteiger partial charge in [0.1, 0.15) is 5.75 Å². The number of ether oxygens (including phenoxy) is 1. The van der Waals surface area contributed by atoms with Crippen LogP contribution in [0, 0.1) is 29.5 Å². The molecule has 6 amide bonds. The smallest absolute Gasteiger partial charge is 0.328 e. The van der Waals surface area contributed by atoms with Crippen LogP contribution in [0.15, 0.2) is 72.3 Å². The number of nitrogens with two attached hydrogens (primary N) is 1. The van der Waals surface area contributed by atoms with Crippen molar-refractivity contribution in [2.45, 2.75) is 24.2 Å². The fraction of sp³-hybridized carbons (Fsp3) is 0.265. The Morgan fingerprint density at radius 3 is 2.38 bits per heavy atom. The third kappa shape index (κ3) is 4.42. The van der Waals surface area contributed by atoms with E-state index in [0.29, 0.717) is 26.8 Å². The lowest BCUT2D eigenvalue weighted by Crippen LogP contribution is -2.53. The minimum atomic E-state index is -1.72. The Morgan fingerprint density at radius 1 is 1.00 bits per heavy atom. The van der Waals surface area contributed by atoms with Gasteiger partial charge < -0.3 is 15.6 Å². The van der Waals surface area contributed by atoms with Crippen molar-refractivity contribution in [3.05, 3.63) is 99.3 Å². The number of primary amides is 1. The number of urea groups is 1. The molecule has 3 aromatic rings. The van der Waals surface area contributed by atoms with E-state index in [9.17, 15) is 24.3 Å². The van der Waals surface area contributed by atoms with Gasteiger partial charge in [0, 0.05) is 10.9 Å². The highest BCUT2D eigenvalue weighted by molar-refractivity contribution is 6.36. The molecule has 3 aromatic carbocycles. The number of methoxy groups -OCH3 is 1. The van der Waals surface area contributed by atoms with Crippen LogP contribution >= 0.6 is 23.2 Å². The number of carbonyl (C=O) groups excluding carboxylic acids is 5. The highest BCUT2D eigenvalue weighted by atomic mass is 35.5. The molecule has 246 valence electrons. The number of fused-ring (bicyclic) bond motifs is 4. The lowest BCUT2D eigenvalue weighted by Gasteiger charge is -2.50. The van der Waals surface area contributed by atoms with Gasteiger partial charge in [0.05, 0.1) is 41.0 Å². The number of hydrogen-bond donors (Lipinski definition) is 3. The van der Waals surface area contributed by atoms with Crippen molar-refractivity contribution >= 4 is 58.5 Å². The molecule has 2 aliphatic carbocycles. The zero-order valence-corrected chi connectivity index (χ0v) is 26.7. The number of rotatable bonds is 5. The lowest BCUT2D eigenvalue weighted by molar-refractivity contribution is -0.139. The van der Waals surface area contributed by atoms with Crippen LogP contribution in [0.1, 0.15) is 29.9 Å². The number of amides is 6. The van der Waals surface area contributed by atoms with Crippen LogP contribution in [0.25, 0.3) is 0 Å². The fourth-order valence-electron chi connectivity index (χ4n) is 8.14. The van der Waals surface area contributed by atoms with Gasteiger partial charge in [-0.05, 0) is 72.4 Å². The van der Waals surface area contributed by atoms with E-state index in [4.69, 9.17) is 33.7 Å². The minimum Gasteiger partial charge on any atom is -0.505 e. The summed E-state index contributed by atoms with van der Waals surface area (Å²) in [5.41, 5.74) is 7.96. The normalized spacial score (nSPS) is 27.8. The van der Waals surface area contributed by atoms with E-state index in [0.717, 1.165) is 17.1 Å². The Kier molecular flexibility index (Phi) is 7.48. The number of benzene rings is 3. The van der Waals surface area contributed by atoms with Crippen LogP contribution in [-0.4, -0.2) is 51.8 Å². The number of carbonyl (C=O) groups is 5. The zero-order chi connectivity index (χ0) is 34.2. The van der Waals surface area contributed by atoms with Crippen molar-refractivity contribution in [3.8, 4) is 11.5 Å². The van der Waals surface area contributed by atoms with E-state index in [1.165, 1.54) is 31.4 Å². The van der Waals surface area contributed by atoms with E-state index >= 15 is 9.18 Å². The second-order valence-electron chi connectivity index (χ2n) is 12.3. The van der Waals surface area contributed by atoms with Crippen LogP contribution in [0.3, 0.4) is 0 Å². The number of anilines is 1. The molecule has 2 heterocycles. The highest BCUT2D eigenvalue weighted by Crippen LogP contribution is 2.64. The second-order valence-corrected chi connectivity index (χ2v) is 13.1. The van der Waals surface area contributed by atoms with E-state index in [-0.39, 0.29) is 29.1 Å². The largest absolute Gasteiger partial charge is 0.505 e. The molecule has 14 heteroatoms. The highest BCUT2D eigenvalue weighted by Gasteiger charge is 2.70. The molecule has 3 fully saturated rings. The first kappa shape index (κ1) is 31.6. The standard InChI is InChI=1S/C34H27Cl2FN4O7/c1-48-18-6-3-16(4-7-18)34-22(30(44)41(32(34)46)39-25-10-5-17(35)13-23(25)36)14-21-19(28(34)15-2-11-26(42)24(37)12-15)8-9-20-27(21)31(45)40(29(20)43)33(38)47/h2-8,10-13,20-22,27-28,39,42H,9,14H2,1H3,(H2,38,47)/t20-,21+,22-,27-,28-,34+/m0/s1. The molecule has 0 bridgehead atoms. The van der Waals surface area contributed by atoms with Crippen molar-refractivity contribution in [2.75, 3.05) is 12.5 Å². The number of hydrogen-bond acceptors (Lipinski definition) is 8. The molecule has 48 heavy (non-hydrogen) atoms. The first-order valence-corrected chi connectivity index (χ1v) is 15.8. The Hall–Kier alpha value is -4.94. The Bertz CT molecular complexity index is 1970. The predicted octanol–water partition coefficient (Wildman–Crippen LogP) is 4.91. The van der Waals surface area contributed by atoms with Gasteiger partial charge in [0.2, 0.25) is 11.8 Å². The number of hydrazine groups is 1. The molecule has 7 rings (SSSR count). The molecule has 0 radical (unpaired) electrons. The number of nitrogens with one attached hydrogen (secondary N) is 1. The quantitative estimate of drug-likeness (QED) is 0.251. The van der Waals surface area contributed by atoms with Gasteiger partial charge in [-0.1, -0.05) is 53.1 Å². The summed E-state index contributed by atoms with van der Waals surface area (Å²) in [4.78, 5) is 69.2. The van der Waals surface area contributed by atoms with Gasteiger partial charge in [-0.25, -0.2) is 9.18 Å². The van der Waals surface area contributed by atoms with E-state index in [1.807, 2.05) is 0 Å². The average molecular weight is 694 g/mol. The molecular weight excluding hydrogens is 666 g/mol. The number of phenolic OH excluding ortho intramolecular Hbond substituents is 1. The first-order chi connectivity index (χ1) is 22.9. The number of aromatic hydroxyl groups is 1. The summed E-state index contributed by atoms with van der Waals surface area (Å²) in [7, 11) is 1.48. The molecule has 2 saturated heterocycles. The van der Waals surface area contributed by atoms with Gasteiger partial charge in [-0.2, -0.15) is 9.91 Å². The summed E-state index contributed by atoms with van der Waals surface area (Å²) in [5.74, 6) is -8.98. The van der Waals surface area contributed by atoms with E-state index < -0.39 is 76.2 Å². The van der Waals surface area contributed by atoms with Crippen LogP contribution in [0.2, 0.25) is 10.0 Å². The number of likely N-dealkylation sites (tertiary alicyclic amines) is 1. The predicted molar refractivity (Wildman–Crippen MR) is 170 cm³/mol. The van der Waals surface area contributed by atoms with Crippen molar-refractivity contribution in [1.29, 1.82) is 0 Å². The summed E-state index contributed by atoms with van der Waals surface area (Å²) in [6.45, 7) is 0. The van der Waals surface area contributed by atoms with Crippen molar-refractivity contribution < 1.29 is 38.2 Å². The maximum Gasteiger partial charge on any atom is 0.328 e. The SMILES string of the molecule is COc1ccc([C@@]23C(=O)N(Nc4ccc(Cl)cc4Cl)C(=O)[C@@H]2C[C@@H]2C(=CC[C@@H]4C(=O)N(C(N)=O)C(=O)[C@@H]42)[C@@H]3c2ccc(O)c(F)c2)cc1. The van der Waals surface area contributed by atoms with Gasteiger partial charge in [0.15, 0.2) is 11.6 Å². The molecule has 0 spiro atoms. The Morgan fingerprint density at radius 2 is 1.73 bits per heavy atom. The fourth-order valence-corrected chi connectivity index (χ4v) is 8.59. The molecule has 0 aromatic heterocycles. The Balaban J connectivity index is 1.47. The first-order valence-electron chi connectivity index (χ1n) is 15.0. The summed E-state index contributed by atoms with van der Waals surface area (Å²) in [5, 5.41) is 11.5. The summed E-state index contributed by atoms with van der Waals surface area (Å²) in [6, 6.07) is 13.6. The van der Waals surface area contributed by atoms with Crippen molar-refractivity contribution in [1.82, 2.24) is 9.91 Å². The summed E-state index contributed by atoms with van der Waals surface area (Å²) < 4.78 is 20.5. The van der Waals surface area contributed by atoms with Crippen molar-refractivity contribution in [3.63, 3.8) is 0 Å². The summed E-state index contributed by atoms with van der Waals surface area (Å²) in [6.07, 6.45) is 1.71. The zero-order valence-electron chi connectivity index (χ0n) is 25.2. The topological polar surface area (TPSA) is 159 Å². The second kappa shape index (κ2) is 11.3. The molecule has 4 aliphatic rings. The molecule has 6 atom stereocenters. The van der Waals surface area contributed by atoms with Crippen LogP contribution in [0.5, 0.6) is 11.5 Å². The van der Waals surface area contributed by atoms with Crippen LogP contribution in [0.4, 0.5) is 14.9 Å². The maximum absolute atomic E-state index is 15.2. The van der Waals surface area contributed by atoms with E-state index in [1.54, 1.807) is 30.3 Å². The average Bonchev–Trinajstić information content (AvgIpc) is 3.44. The number of phenols is 1. The number of allylic oxidation sites excluding steroid dienone is 2. The number of nitrogens with zero attached hydrogens (tertiary/aromatic N) is 2. The molecule has 0 unspecified atom stereocenters. The number of halogens is 3. The molecule has 4 N–H and O–H groups in total. The monoisotopic (exact) mass is 692 g/mol. The molecule has 11 nitrogen and oxygen atoms in total. The van der Waals surface area contributed by atoms with Crippen molar-refractivity contribution in [2.24, 2.45) is 29.4 Å². The van der Waals surface area contributed by atoms with Gasteiger partial charge in [0.25, 0.3) is 11.8 Å². The molecule has 2 aliphatic heterocycles. The lowest BCUT2D eigenvalue weighted by atomic mass is 9.49. The van der Waals surface area contributed by atoms with E-state index in [2.05, 4.69) is 5.43 Å². The van der Waals surface area contributed by atoms with Gasteiger partial charge in [-0.15, -0.1) is 0 Å². The van der Waals surface area contributed by atoms with Crippen LogP contribution < -0.4 is 15.9 Å². The number of imide groups is 4. The third-order valence-electron chi connectivity index (χ3n) is 10.1.